The first-order chi connectivity index (χ1) is 10.7. The van der Waals surface area contributed by atoms with Gasteiger partial charge in [-0.05, 0) is 36.2 Å². The van der Waals surface area contributed by atoms with E-state index in [1.54, 1.807) is 30.5 Å². The van der Waals surface area contributed by atoms with Gasteiger partial charge in [0.2, 0.25) is 5.91 Å². The summed E-state index contributed by atoms with van der Waals surface area (Å²) in [5.41, 5.74) is 0.898. The molecule has 3 rings (SSSR count). The number of benzene rings is 1. The number of hydrogen-bond acceptors (Lipinski definition) is 5. The van der Waals surface area contributed by atoms with Crippen LogP contribution in [0.4, 0.5) is 4.39 Å². The summed E-state index contributed by atoms with van der Waals surface area (Å²) in [6.07, 6.45) is 3.52. The largest absolute Gasteiger partial charge is 0.463 e. The molecule has 0 saturated carbocycles. The second-order valence-electron chi connectivity index (χ2n) is 4.59. The average molecular weight is 317 g/mol. The molecule has 5 nitrogen and oxygen atoms in total. The third-order valence-electron chi connectivity index (χ3n) is 2.99. The summed E-state index contributed by atoms with van der Waals surface area (Å²) in [4.78, 5) is 11.9. The van der Waals surface area contributed by atoms with Crippen LogP contribution in [-0.2, 0) is 11.2 Å². The Morgan fingerprint density at radius 1 is 1.32 bits per heavy atom. The van der Waals surface area contributed by atoms with E-state index >= 15 is 0 Å². The smallest absolute Gasteiger partial charge is 0.239 e. The fourth-order valence-corrected chi connectivity index (χ4v) is 2.89. The van der Waals surface area contributed by atoms with Crippen molar-refractivity contribution in [3.05, 3.63) is 59.8 Å². The predicted octanol–water partition coefficient (Wildman–Crippen LogP) is 2.58. The van der Waals surface area contributed by atoms with Crippen LogP contribution in [0.2, 0.25) is 0 Å². The van der Waals surface area contributed by atoms with Crippen molar-refractivity contribution >= 4 is 29.1 Å². The van der Waals surface area contributed by atoms with Crippen LogP contribution in [0, 0.1) is 5.82 Å². The molecule has 0 spiro atoms. The van der Waals surface area contributed by atoms with Crippen molar-refractivity contribution < 1.29 is 13.6 Å². The molecule has 2 aromatic rings. The van der Waals surface area contributed by atoms with E-state index in [1.807, 2.05) is 0 Å². The van der Waals surface area contributed by atoms with Crippen molar-refractivity contribution in [3.8, 4) is 0 Å². The van der Waals surface area contributed by atoms with Gasteiger partial charge >= 0.3 is 0 Å². The standard InChI is InChI=1S/C15H12FN3O2S/c16-11-5-3-10(4-6-11)8-13-14(20)18-15(22-13)19-17-9-12-2-1-7-21-12/h1-7,9,13H,8H2,(H,18,19,20)/b17-9-. The van der Waals surface area contributed by atoms with Crippen molar-refractivity contribution in [3.63, 3.8) is 0 Å². The summed E-state index contributed by atoms with van der Waals surface area (Å²) >= 11 is 1.31. The van der Waals surface area contributed by atoms with E-state index in [0.29, 0.717) is 17.3 Å². The molecule has 1 N–H and O–H groups in total. The summed E-state index contributed by atoms with van der Waals surface area (Å²) in [6, 6.07) is 9.62. The minimum atomic E-state index is -0.290. The Balaban J connectivity index is 1.61. The lowest BCUT2D eigenvalue weighted by molar-refractivity contribution is -0.118. The van der Waals surface area contributed by atoms with Crippen molar-refractivity contribution in [1.29, 1.82) is 0 Å². The van der Waals surface area contributed by atoms with Crippen LogP contribution in [0.5, 0.6) is 0 Å². The molecule has 22 heavy (non-hydrogen) atoms. The Morgan fingerprint density at radius 3 is 2.86 bits per heavy atom. The van der Waals surface area contributed by atoms with Crippen LogP contribution in [-0.4, -0.2) is 22.5 Å². The minimum absolute atomic E-state index is 0.124. The summed E-state index contributed by atoms with van der Waals surface area (Å²) in [5, 5.41) is 10.6. The molecule has 0 radical (unpaired) electrons. The highest BCUT2D eigenvalue weighted by molar-refractivity contribution is 8.15. The molecule has 1 aromatic carbocycles. The molecule has 1 aliphatic rings. The van der Waals surface area contributed by atoms with Crippen molar-refractivity contribution in [2.24, 2.45) is 10.2 Å². The first-order valence-electron chi connectivity index (χ1n) is 6.57. The number of halogens is 1. The van der Waals surface area contributed by atoms with Gasteiger partial charge in [-0.15, -0.1) is 5.10 Å². The van der Waals surface area contributed by atoms with E-state index in [4.69, 9.17) is 4.42 Å². The molecule has 1 fully saturated rings. The van der Waals surface area contributed by atoms with E-state index in [1.165, 1.54) is 30.1 Å². The molecule has 1 unspecified atom stereocenters. The van der Waals surface area contributed by atoms with Gasteiger partial charge in [0.15, 0.2) is 5.17 Å². The lowest BCUT2D eigenvalue weighted by Crippen LogP contribution is -2.25. The second kappa shape index (κ2) is 6.57. The third-order valence-corrected chi connectivity index (χ3v) is 4.06. The van der Waals surface area contributed by atoms with Crippen LogP contribution in [0.15, 0.2) is 57.3 Å². The maximum absolute atomic E-state index is 12.9. The number of amides is 1. The van der Waals surface area contributed by atoms with Crippen molar-refractivity contribution in [2.75, 3.05) is 0 Å². The van der Waals surface area contributed by atoms with Gasteiger partial charge in [-0.2, -0.15) is 5.10 Å². The highest BCUT2D eigenvalue weighted by Gasteiger charge is 2.30. The highest BCUT2D eigenvalue weighted by Crippen LogP contribution is 2.23. The third kappa shape index (κ3) is 3.62. The summed E-state index contributed by atoms with van der Waals surface area (Å²) in [5.74, 6) is 0.171. The van der Waals surface area contributed by atoms with Gasteiger partial charge in [0.05, 0.1) is 17.7 Å². The SMILES string of the molecule is O=C1N/C(=N/N=C\c2ccco2)SC1Cc1ccc(F)cc1. The molecular formula is C15H12FN3O2S. The summed E-state index contributed by atoms with van der Waals surface area (Å²) in [6.45, 7) is 0. The van der Waals surface area contributed by atoms with Crippen LogP contribution in [0.25, 0.3) is 0 Å². The molecule has 7 heteroatoms. The summed E-state index contributed by atoms with van der Waals surface area (Å²) in [7, 11) is 0. The van der Waals surface area contributed by atoms with Crippen molar-refractivity contribution in [1.82, 2.24) is 5.32 Å². The molecule has 2 heterocycles. The van der Waals surface area contributed by atoms with Gasteiger partial charge in [0, 0.05) is 0 Å². The number of thioether (sulfide) groups is 1. The lowest BCUT2D eigenvalue weighted by atomic mass is 10.1. The number of nitrogens with one attached hydrogen (secondary N) is 1. The van der Waals surface area contributed by atoms with Gasteiger partial charge in [-0.3, -0.25) is 4.79 Å². The lowest BCUT2D eigenvalue weighted by Gasteiger charge is -2.04. The normalized spacial score (nSPS) is 20.0. The highest BCUT2D eigenvalue weighted by atomic mass is 32.2. The molecule has 112 valence electrons. The van der Waals surface area contributed by atoms with Crippen LogP contribution < -0.4 is 5.32 Å². The molecule has 1 aromatic heterocycles. The number of amidine groups is 1. The first-order valence-corrected chi connectivity index (χ1v) is 7.45. The number of rotatable bonds is 4. The number of carbonyl (C=O) groups is 1. The topological polar surface area (TPSA) is 67.0 Å². The Bertz CT molecular complexity index is 711. The van der Waals surface area contributed by atoms with E-state index in [2.05, 4.69) is 15.5 Å². The Morgan fingerprint density at radius 2 is 2.14 bits per heavy atom. The molecule has 1 aliphatic heterocycles. The van der Waals surface area contributed by atoms with Gasteiger partial charge in [0.1, 0.15) is 11.6 Å². The Labute approximate surface area is 130 Å². The quantitative estimate of drug-likeness (QED) is 0.696. The van der Waals surface area contributed by atoms with Crippen LogP contribution in [0.1, 0.15) is 11.3 Å². The number of hydrogen-bond donors (Lipinski definition) is 1. The number of nitrogens with zero attached hydrogens (tertiary/aromatic N) is 2. The van der Waals surface area contributed by atoms with Crippen LogP contribution in [0.3, 0.4) is 0 Å². The minimum Gasteiger partial charge on any atom is -0.463 e. The Kier molecular flexibility index (Phi) is 4.34. The number of carbonyl (C=O) groups excluding carboxylic acids is 1. The predicted molar refractivity (Wildman–Crippen MR) is 83.4 cm³/mol. The molecule has 0 bridgehead atoms. The maximum Gasteiger partial charge on any atom is 0.239 e. The average Bonchev–Trinajstić information content (AvgIpc) is 3.12. The van der Waals surface area contributed by atoms with Gasteiger partial charge in [0.25, 0.3) is 0 Å². The molecule has 0 aliphatic carbocycles. The van der Waals surface area contributed by atoms with E-state index in [0.717, 1.165) is 5.56 Å². The van der Waals surface area contributed by atoms with E-state index < -0.39 is 0 Å². The Hall–Kier alpha value is -2.41. The molecule has 1 amide bonds. The molecule has 1 atom stereocenters. The van der Waals surface area contributed by atoms with E-state index in [9.17, 15) is 9.18 Å². The van der Waals surface area contributed by atoms with Crippen LogP contribution >= 0.6 is 11.8 Å². The van der Waals surface area contributed by atoms with Gasteiger partial charge in [-0.25, -0.2) is 4.39 Å². The summed E-state index contributed by atoms with van der Waals surface area (Å²) < 4.78 is 18.0. The van der Waals surface area contributed by atoms with Gasteiger partial charge < -0.3 is 9.73 Å². The zero-order valence-corrected chi connectivity index (χ0v) is 12.2. The zero-order valence-electron chi connectivity index (χ0n) is 11.4. The molecule has 1 saturated heterocycles. The molecular weight excluding hydrogens is 305 g/mol. The van der Waals surface area contributed by atoms with E-state index in [-0.39, 0.29) is 17.0 Å². The number of furan rings is 1. The van der Waals surface area contributed by atoms with Gasteiger partial charge in [-0.1, -0.05) is 23.9 Å². The maximum atomic E-state index is 12.9. The zero-order chi connectivity index (χ0) is 15.4. The second-order valence-corrected chi connectivity index (χ2v) is 5.78. The monoisotopic (exact) mass is 317 g/mol. The fourth-order valence-electron chi connectivity index (χ4n) is 1.92. The van der Waals surface area contributed by atoms with Crippen molar-refractivity contribution in [2.45, 2.75) is 11.7 Å². The fraction of sp³-hybridized carbons (Fsp3) is 0.133. The first kappa shape index (κ1) is 14.5.